The summed E-state index contributed by atoms with van der Waals surface area (Å²) >= 11 is 18.3. The molecule has 0 bridgehead atoms. The van der Waals surface area contributed by atoms with Crippen molar-refractivity contribution in [1.29, 1.82) is 0 Å². The van der Waals surface area contributed by atoms with E-state index in [1.54, 1.807) is 35.3 Å². The highest BCUT2D eigenvalue weighted by Gasteiger charge is 2.46. The second kappa shape index (κ2) is 13.2. The standard InChI is InChI=1S/C28H26Cl2PS3.ClH/c1-32-25-12-6-22(7-13-25)31(23-8-14-26(33-2)15-9-23,24-10-16-27(34-3)17-11-24)19-20-4-5-21(29)18-28(20)30;/h4-18H,19H2,1-3H3;1H/q+1;/p-1. The van der Waals surface area contributed by atoms with Crippen LogP contribution in [0.1, 0.15) is 5.56 Å². The number of hydrogen-bond acceptors (Lipinski definition) is 3. The van der Waals surface area contributed by atoms with Gasteiger partial charge in [0.1, 0.15) is 23.2 Å². The minimum atomic E-state index is -2.06. The van der Waals surface area contributed by atoms with Crippen LogP contribution in [0, 0.1) is 0 Å². The molecule has 0 aliphatic carbocycles. The summed E-state index contributed by atoms with van der Waals surface area (Å²) in [6.45, 7) is 0. The Labute approximate surface area is 238 Å². The van der Waals surface area contributed by atoms with E-state index in [2.05, 4.69) is 97.6 Å². The molecule has 182 valence electrons. The normalized spacial score (nSPS) is 11.2. The van der Waals surface area contributed by atoms with Crippen molar-refractivity contribution in [2.75, 3.05) is 18.8 Å². The van der Waals surface area contributed by atoms with Gasteiger partial charge in [-0.25, -0.2) is 0 Å². The van der Waals surface area contributed by atoms with Gasteiger partial charge in [0.25, 0.3) is 0 Å². The van der Waals surface area contributed by atoms with Crippen LogP contribution in [0.5, 0.6) is 0 Å². The smallest absolute Gasteiger partial charge is 0.116 e. The number of halogens is 3. The summed E-state index contributed by atoms with van der Waals surface area (Å²) in [6.07, 6.45) is 7.19. The van der Waals surface area contributed by atoms with Crippen LogP contribution in [0.2, 0.25) is 10.0 Å². The molecule has 0 atom stereocenters. The minimum absolute atomic E-state index is 0. The first-order valence-electron chi connectivity index (χ1n) is 10.8. The molecule has 4 aromatic rings. The lowest BCUT2D eigenvalue weighted by Crippen LogP contribution is -3.00. The predicted molar refractivity (Wildman–Crippen MR) is 161 cm³/mol. The first kappa shape index (κ1) is 28.8. The SMILES string of the molecule is CSc1ccc([P+](Cc2ccc(Cl)cc2Cl)(c2ccc(SC)cc2)c2ccc(SC)cc2)cc1.[Cl-]. The van der Waals surface area contributed by atoms with Crippen molar-refractivity contribution in [2.24, 2.45) is 0 Å². The molecule has 35 heavy (non-hydrogen) atoms. The highest BCUT2D eigenvalue weighted by molar-refractivity contribution is 7.99. The highest BCUT2D eigenvalue weighted by atomic mass is 35.5. The van der Waals surface area contributed by atoms with Crippen molar-refractivity contribution >= 4 is 81.7 Å². The molecule has 0 N–H and O–H groups in total. The fraction of sp³-hybridized carbons (Fsp3) is 0.143. The summed E-state index contributed by atoms with van der Waals surface area (Å²) in [4.78, 5) is 3.80. The summed E-state index contributed by atoms with van der Waals surface area (Å²) in [5, 5.41) is 5.44. The summed E-state index contributed by atoms with van der Waals surface area (Å²) in [7, 11) is -2.06. The maximum Gasteiger partial charge on any atom is 0.116 e. The first-order chi connectivity index (χ1) is 16.5. The zero-order valence-corrected chi connectivity index (χ0v) is 25.3. The molecule has 4 rings (SSSR count). The molecule has 0 unspecified atom stereocenters. The molecular formula is C28H26Cl3PS3. The van der Waals surface area contributed by atoms with E-state index in [4.69, 9.17) is 23.2 Å². The zero-order chi connectivity index (χ0) is 24.1. The molecule has 0 amide bonds. The molecule has 0 radical (unpaired) electrons. The largest absolute Gasteiger partial charge is 1.00 e. The number of hydrogen-bond donors (Lipinski definition) is 0. The molecule has 0 saturated carbocycles. The summed E-state index contributed by atoms with van der Waals surface area (Å²) < 4.78 is 0. The van der Waals surface area contributed by atoms with Crippen LogP contribution in [-0.4, -0.2) is 18.8 Å². The van der Waals surface area contributed by atoms with Gasteiger partial charge in [0.05, 0.1) is 6.16 Å². The molecule has 0 aliphatic heterocycles. The zero-order valence-electron chi connectivity index (χ0n) is 19.7. The van der Waals surface area contributed by atoms with Crippen molar-refractivity contribution in [3.8, 4) is 0 Å². The van der Waals surface area contributed by atoms with Gasteiger partial charge in [-0.1, -0.05) is 29.3 Å². The lowest BCUT2D eigenvalue weighted by Gasteiger charge is -2.28. The van der Waals surface area contributed by atoms with Crippen molar-refractivity contribution in [3.63, 3.8) is 0 Å². The molecular weight excluding hydrogens is 570 g/mol. The third-order valence-corrected chi connectivity index (χ3v) is 13.1. The van der Waals surface area contributed by atoms with Crippen molar-refractivity contribution < 1.29 is 12.4 Å². The maximum absolute atomic E-state index is 6.76. The highest BCUT2D eigenvalue weighted by Crippen LogP contribution is 2.59. The van der Waals surface area contributed by atoms with Gasteiger partial charge in [0, 0.05) is 30.3 Å². The van der Waals surface area contributed by atoms with Crippen LogP contribution in [0.15, 0.2) is 106 Å². The third-order valence-electron chi connectivity index (χ3n) is 5.96. The molecule has 0 saturated heterocycles. The van der Waals surface area contributed by atoms with E-state index < -0.39 is 7.26 Å². The fourth-order valence-electron chi connectivity index (χ4n) is 4.14. The minimum Gasteiger partial charge on any atom is -1.00 e. The Kier molecular flexibility index (Phi) is 10.8. The van der Waals surface area contributed by atoms with E-state index >= 15 is 0 Å². The van der Waals surface area contributed by atoms with Crippen molar-refractivity contribution in [1.82, 2.24) is 0 Å². The van der Waals surface area contributed by atoms with Crippen LogP contribution in [0.25, 0.3) is 0 Å². The molecule has 0 aromatic heterocycles. The molecule has 4 aromatic carbocycles. The molecule has 7 heteroatoms. The van der Waals surface area contributed by atoms with Gasteiger partial charge in [-0.3, -0.25) is 0 Å². The van der Waals surface area contributed by atoms with Gasteiger partial charge in [-0.05, 0) is 104 Å². The number of thioether (sulfide) groups is 3. The van der Waals surface area contributed by atoms with E-state index in [0.29, 0.717) is 5.02 Å². The number of rotatable bonds is 8. The third kappa shape index (κ3) is 6.39. The fourth-order valence-corrected chi connectivity index (χ4v) is 10.1. The van der Waals surface area contributed by atoms with Gasteiger partial charge < -0.3 is 12.4 Å². The Morgan fingerprint density at radius 3 is 1.26 bits per heavy atom. The van der Waals surface area contributed by atoms with E-state index in [1.807, 2.05) is 12.1 Å². The quantitative estimate of drug-likeness (QED) is 0.191. The first-order valence-corrected chi connectivity index (χ1v) is 17.2. The average Bonchev–Trinajstić information content (AvgIpc) is 2.89. The van der Waals surface area contributed by atoms with E-state index in [1.165, 1.54) is 30.6 Å². The van der Waals surface area contributed by atoms with Crippen LogP contribution < -0.4 is 28.3 Å². The number of benzene rings is 4. The van der Waals surface area contributed by atoms with Gasteiger partial charge >= 0.3 is 0 Å². The van der Waals surface area contributed by atoms with Gasteiger partial charge in [-0.2, -0.15) is 0 Å². The molecule has 0 nitrogen and oxygen atoms in total. The van der Waals surface area contributed by atoms with E-state index in [9.17, 15) is 0 Å². The van der Waals surface area contributed by atoms with Crippen molar-refractivity contribution in [2.45, 2.75) is 20.8 Å². The van der Waals surface area contributed by atoms with Crippen LogP contribution in [0.3, 0.4) is 0 Å². The van der Waals surface area contributed by atoms with Crippen molar-refractivity contribution in [3.05, 3.63) is 107 Å². The average molecular weight is 596 g/mol. The molecule has 0 heterocycles. The lowest BCUT2D eigenvalue weighted by atomic mass is 10.2. The predicted octanol–water partition coefficient (Wildman–Crippen LogP) is 5.66. The Morgan fingerprint density at radius 2 is 0.943 bits per heavy atom. The van der Waals surface area contributed by atoms with E-state index in [-0.39, 0.29) is 12.4 Å². The Hall–Kier alpha value is -0.770. The molecule has 0 spiro atoms. The molecule has 0 aliphatic rings. The second-order valence-electron chi connectivity index (χ2n) is 7.80. The van der Waals surface area contributed by atoms with Crippen LogP contribution >= 0.6 is 65.8 Å². The Balaban J connectivity index is 0.00000342. The second-order valence-corrected chi connectivity index (χ2v) is 14.8. The van der Waals surface area contributed by atoms with E-state index in [0.717, 1.165) is 16.7 Å². The van der Waals surface area contributed by atoms with Gasteiger partial charge in [0.15, 0.2) is 0 Å². The summed E-state index contributed by atoms with van der Waals surface area (Å²) in [6, 6.07) is 33.2. The molecule has 0 fully saturated rings. The van der Waals surface area contributed by atoms with Gasteiger partial charge in [-0.15, -0.1) is 35.3 Å². The summed E-state index contributed by atoms with van der Waals surface area (Å²) in [5.41, 5.74) is 1.12. The van der Waals surface area contributed by atoms with Crippen LogP contribution in [-0.2, 0) is 6.16 Å². The maximum atomic E-state index is 6.76. The Morgan fingerprint density at radius 1 is 0.571 bits per heavy atom. The lowest BCUT2D eigenvalue weighted by molar-refractivity contribution is -0.00000648. The van der Waals surface area contributed by atoms with Gasteiger partial charge in [0.2, 0.25) is 0 Å². The summed E-state index contributed by atoms with van der Waals surface area (Å²) in [5.74, 6) is 0. The van der Waals surface area contributed by atoms with Crippen LogP contribution in [0.4, 0.5) is 0 Å². The monoisotopic (exact) mass is 594 g/mol. The Bertz CT molecular complexity index is 1130. The topological polar surface area (TPSA) is 0 Å².